The molecule has 0 aliphatic heterocycles. The highest BCUT2D eigenvalue weighted by Crippen LogP contribution is 2.32. The van der Waals surface area contributed by atoms with E-state index in [1.807, 2.05) is 0 Å². The number of hydrogen-bond donors (Lipinski definition) is 2. The number of benzene rings is 2. The SMILES string of the molecule is CNC(=O)c1ccc(-c2n[nH]c3cnc(-c4c(F)cccc4OC)nc23)cc1. The number of carbonyl (C=O) groups excluding carboxylic acids is 1. The zero-order chi connectivity index (χ0) is 19.7. The number of H-pyrrole nitrogens is 1. The van der Waals surface area contributed by atoms with Crippen molar-refractivity contribution in [3.05, 3.63) is 60.0 Å². The molecule has 1 amide bonds. The third-order valence-electron chi connectivity index (χ3n) is 4.37. The lowest BCUT2D eigenvalue weighted by molar-refractivity contribution is 0.0963. The van der Waals surface area contributed by atoms with Gasteiger partial charge in [0.15, 0.2) is 5.82 Å². The number of nitrogens with one attached hydrogen (secondary N) is 2. The molecule has 0 aliphatic rings. The fraction of sp³-hybridized carbons (Fsp3) is 0.100. The summed E-state index contributed by atoms with van der Waals surface area (Å²) in [6.45, 7) is 0. The van der Waals surface area contributed by atoms with Crippen LogP contribution in [0.2, 0.25) is 0 Å². The number of aromatic amines is 1. The van der Waals surface area contributed by atoms with E-state index in [1.54, 1.807) is 49.6 Å². The third-order valence-corrected chi connectivity index (χ3v) is 4.37. The van der Waals surface area contributed by atoms with Crippen LogP contribution in [0, 0.1) is 5.82 Å². The molecule has 0 aliphatic carbocycles. The molecule has 0 saturated carbocycles. The van der Waals surface area contributed by atoms with Gasteiger partial charge in [-0.1, -0.05) is 18.2 Å². The quantitative estimate of drug-likeness (QED) is 0.570. The van der Waals surface area contributed by atoms with E-state index in [-0.39, 0.29) is 17.3 Å². The van der Waals surface area contributed by atoms with E-state index < -0.39 is 5.82 Å². The van der Waals surface area contributed by atoms with Crippen LogP contribution in [0.4, 0.5) is 4.39 Å². The summed E-state index contributed by atoms with van der Waals surface area (Å²) in [7, 11) is 3.04. The molecule has 2 heterocycles. The van der Waals surface area contributed by atoms with Crippen molar-refractivity contribution in [3.63, 3.8) is 0 Å². The zero-order valence-corrected chi connectivity index (χ0v) is 15.2. The number of carbonyl (C=O) groups is 1. The van der Waals surface area contributed by atoms with Crippen molar-refractivity contribution in [1.82, 2.24) is 25.5 Å². The first-order valence-electron chi connectivity index (χ1n) is 8.49. The molecule has 0 bridgehead atoms. The van der Waals surface area contributed by atoms with E-state index >= 15 is 0 Å². The molecule has 0 spiro atoms. The lowest BCUT2D eigenvalue weighted by Crippen LogP contribution is -2.17. The van der Waals surface area contributed by atoms with Gasteiger partial charge in [0.1, 0.15) is 28.3 Å². The lowest BCUT2D eigenvalue weighted by atomic mass is 10.1. The summed E-state index contributed by atoms with van der Waals surface area (Å²) in [6.07, 6.45) is 1.55. The summed E-state index contributed by atoms with van der Waals surface area (Å²) in [5.41, 5.74) is 3.24. The second kappa shape index (κ2) is 7.07. The Kier molecular flexibility index (Phi) is 4.44. The van der Waals surface area contributed by atoms with Crippen LogP contribution in [-0.2, 0) is 0 Å². The summed E-state index contributed by atoms with van der Waals surface area (Å²) in [5, 5.41) is 9.76. The maximum atomic E-state index is 14.4. The number of methoxy groups -OCH3 is 1. The number of rotatable bonds is 4. The Labute approximate surface area is 159 Å². The Morgan fingerprint density at radius 1 is 1.18 bits per heavy atom. The summed E-state index contributed by atoms with van der Waals surface area (Å²) >= 11 is 0. The standard InChI is InChI=1S/C20H16FN5O2/c1-22-20(27)12-8-6-11(7-9-12)17-18-14(25-26-17)10-23-19(24-18)16-13(21)4-3-5-15(16)28-2/h3-10H,1-2H3,(H,22,27)(H,25,26). The summed E-state index contributed by atoms with van der Waals surface area (Å²) in [6, 6.07) is 11.5. The van der Waals surface area contributed by atoms with Gasteiger partial charge in [0.25, 0.3) is 5.91 Å². The van der Waals surface area contributed by atoms with Gasteiger partial charge in [-0.05, 0) is 24.3 Å². The molecule has 0 radical (unpaired) electrons. The fourth-order valence-corrected chi connectivity index (χ4v) is 2.95. The van der Waals surface area contributed by atoms with Crippen molar-refractivity contribution >= 4 is 16.9 Å². The molecule has 0 saturated heterocycles. The summed E-state index contributed by atoms with van der Waals surface area (Å²) < 4.78 is 19.7. The molecule has 4 rings (SSSR count). The molecule has 2 aromatic heterocycles. The van der Waals surface area contributed by atoms with Gasteiger partial charge < -0.3 is 10.1 Å². The van der Waals surface area contributed by atoms with Gasteiger partial charge in [0.2, 0.25) is 0 Å². The maximum absolute atomic E-state index is 14.4. The van der Waals surface area contributed by atoms with Crippen LogP contribution in [0.1, 0.15) is 10.4 Å². The average Bonchev–Trinajstić information content (AvgIpc) is 3.16. The number of hydrogen-bond acceptors (Lipinski definition) is 5. The molecule has 0 unspecified atom stereocenters. The third kappa shape index (κ3) is 2.94. The topological polar surface area (TPSA) is 92.8 Å². The number of amides is 1. The Morgan fingerprint density at radius 3 is 2.68 bits per heavy atom. The van der Waals surface area contributed by atoms with Crippen molar-refractivity contribution < 1.29 is 13.9 Å². The van der Waals surface area contributed by atoms with E-state index in [2.05, 4.69) is 25.5 Å². The molecule has 8 heteroatoms. The average molecular weight is 377 g/mol. The molecule has 140 valence electrons. The first-order valence-corrected chi connectivity index (χ1v) is 8.49. The Morgan fingerprint density at radius 2 is 1.96 bits per heavy atom. The molecule has 4 aromatic rings. The van der Waals surface area contributed by atoms with Crippen molar-refractivity contribution in [2.75, 3.05) is 14.2 Å². The van der Waals surface area contributed by atoms with Crippen LogP contribution >= 0.6 is 0 Å². The van der Waals surface area contributed by atoms with Gasteiger partial charge in [0.05, 0.1) is 18.9 Å². The molecular formula is C20H16FN5O2. The monoisotopic (exact) mass is 377 g/mol. The number of nitrogens with zero attached hydrogens (tertiary/aromatic N) is 3. The van der Waals surface area contributed by atoms with E-state index in [9.17, 15) is 9.18 Å². The number of ether oxygens (including phenoxy) is 1. The lowest BCUT2D eigenvalue weighted by Gasteiger charge is -2.08. The fourth-order valence-electron chi connectivity index (χ4n) is 2.95. The van der Waals surface area contributed by atoms with Crippen LogP contribution in [0.25, 0.3) is 33.7 Å². The predicted molar refractivity (Wildman–Crippen MR) is 102 cm³/mol. The smallest absolute Gasteiger partial charge is 0.251 e. The summed E-state index contributed by atoms with van der Waals surface area (Å²) in [4.78, 5) is 20.5. The molecule has 7 nitrogen and oxygen atoms in total. The minimum absolute atomic E-state index is 0.172. The first-order chi connectivity index (χ1) is 13.6. The minimum atomic E-state index is -0.473. The van der Waals surface area contributed by atoms with Gasteiger partial charge in [-0.15, -0.1) is 0 Å². The number of halogens is 1. The largest absolute Gasteiger partial charge is 0.496 e. The normalized spacial score (nSPS) is 10.8. The van der Waals surface area contributed by atoms with E-state index in [0.29, 0.717) is 28.0 Å². The van der Waals surface area contributed by atoms with E-state index in [4.69, 9.17) is 4.74 Å². The van der Waals surface area contributed by atoms with Gasteiger partial charge in [0, 0.05) is 18.2 Å². The first kappa shape index (κ1) is 17.6. The highest BCUT2D eigenvalue weighted by molar-refractivity contribution is 5.95. The molecule has 0 atom stereocenters. The van der Waals surface area contributed by atoms with Gasteiger partial charge in [-0.3, -0.25) is 9.89 Å². The zero-order valence-electron chi connectivity index (χ0n) is 15.2. The second-order valence-corrected chi connectivity index (χ2v) is 6.00. The maximum Gasteiger partial charge on any atom is 0.251 e. The molecule has 0 fully saturated rings. The minimum Gasteiger partial charge on any atom is -0.496 e. The molecule has 2 aromatic carbocycles. The predicted octanol–water partition coefficient (Wildman–Crippen LogP) is 3.19. The Balaban J connectivity index is 1.83. The number of aromatic nitrogens is 4. The van der Waals surface area contributed by atoms with Gasteiger partial charge in [-0.25, -0.2) is 14.4 Å². The van der Waals surface area contributed by atoms with Gasteiger partial charge in [-0.2, -0.15) is 5.10 Å². The van der Waals surface area contributed by atoms with E-state index in [0.717, 1.165) is 5.56 Å². The van der Waals surface area contributed by atoms with Crippen LogP contribution in [0.3, 0.4) is 0 Å². The van der Waals surface area contributed by atoms with Crippen molar-refractivity contribution in [3.8, 4) is 28.4 Å². The van der Waals surface area contributed by atoms with Gasteiger partial charge >= 0.3 is 0 Å². The molecular weight excluding hydrogens is 361 g/mol. The van der Waals surface area contributed by atoms with Crippen molar-refractivity contribution in [1.29, 1.82) is 0 Å². The Hall–Kier alpha value is -3.81. The van der Waals surface area contributed by atoms with Crippen LogP contribution in [0.15, 0.2) is 48.7 Å². The van der Waals surface area contributed by atoms with E-state index in [1.165, 1.54) is 13.2 Å². The highest BCUT2D eigenvalue weighted by atomic mass is 19.1. The summed E-state index contributed by atoms with van der Waals surface area (Å²) in [5.74, 6) is -0.0974. The van der Waals surface area contributed by atoms with Crippen LogP contribution < -0.4 is 10.1 Å². The Bertz CT molecular complexity index is 1170. The van der Waals surface area contributed by atoms with Crippen LogP contribution in [0.5, 0.6) is 5.75 Å². The second-order valence-electron chi connectivity index (χ2n) is 6.00. The molecule has 2 N–H and O–H groups in total. The molecule has 28 heavy (non-hydrogen) atoms. The van der Waals surface area contributed by atoms with Crippen molar-refractivity contribution in [2.24, 2.45) is 0 Å². The number of fused-ring (bicyclic) bond motifs is 1. The van der Waals surface area contributed by atoms with Crippen LogP contribution in [-0.4, -0.2) is 40.2 Å². The highest BCUT2D eigenvalue weighted by Gasteiger charge is 2.18. The van der Waals surface area contributed by atoms with Crippen molar-refractivity contribution in [2.45, 2.75) is 0 Å².